The highest BCUT2D eigenvalue weighted by atomic mass is 35.5. The van der Waals surface area contributed by atoms with Gasteiger partial charge in [0.05, 0.1) is 5.02 Å². The predicted molar refractivity (Wildman–Crippen MR) is 196 cm³/mol. The van der Waals surface area contributed by atoms with E-state index in [4.69, 9.17) is 37.8 Å². The largest absolute Gasteiger partial charge is 0.487 e. The minimum Gasteiger partial charge on any atom is -0.487 e. The van der Waals surface area contributed by atoms with Gasteiger partial charge in [0.1, 0.15) is 43.3 Å². The number of aldehydes is 1. The number of alkyl carbamates (subject to hydrolysis) is 1. The van der Waals surface area contributed by atoms with Crippen LogP contribution in [0.25, 0.3) is 0 Å². The van der Waals surface area contributed by atoms with Crippen LogP contribution in [-0.2, 0) is 43.5 Å². The van der Waals surface area contributed by atoms with Gasteiger partial charge in [0.25, 0.3) is 0 Å². The first kappa shape index (κ1) is 41.0. The Bertz CT molecular complexity index is 1780. The first-order valence-electron chi connectivity index (χ1n) is 16.3. The summed E-state index contributed by atoms with van der Waals surface area (Å²) in [5.41, 5.74) is 2.59. The van der Waals surface area contributed by atoms with E-state index in [-0.39, 0.29) is 53.2 Å². The number of carbonyl (C=O) groups is 5. The van der Waals surface area contributed by atoms with Crippen molar-refractivity contribution in [2.24, 2.45) is 5.92 Å². The summed E-state index contributed by atoms with van der Waals surface area (Å²) >= 11 is 12.1. The van der Waals surface area contributed by atoms with Crippen LogP contribution in [0.5, 0.6) is 5.75 Å². The molecule has 11 nitrogen and oxygen atoms in total. The van der Waals surface area contributed by atoms with Crippen molar-refractivity contribution in [3.05, 3.63) is 135 Å². The van der Waals surface area contributed by atoms with Crippen LogP contribution in [0.15, 0.2) is 103 Å². The molecular formula is C39H40Cl2N2O9. The Labute approximate surface area is 311 Å². The number of benzene rings is 4. The minimum atomic E-state index is -1.43. The molecule has 0 saturated heterocycles. The Morgan fingerprint density at radius 3 is 1.75 bits per heavy atom. The molecule has 274 valence electrons. The molecule has 0 saturated carbocycles. The minimum absolute atomic E-state index is 0.0305. The number of nitrogens with one attached hydrogen (secondary N) is 2. The Hall–Kier alpha value is -5.39. The lowest BCUT2D eigenvalue weighted by Crippen LogP contribution is -2.52. The Morgan fingerprint density at radius 1 is 0.712 bits per heavy atom. The van der Waals surface area contributed by atoms with E-state index in [2.05, 4.69) is 10.6 Å². The summed E-state index contributed by atoms with van der Waals surface area (Å²) in [4.78, 5) is 58.7. The molecule has 0 aliphatic rings. The standard InChI is InChI=1S/C23H28N2O5.C16H12Cl2O4/c1-16(2)13-19(25-23(29)30-15-18-11-7-4-8-12-18)21(26)24-20(22(27)28)14-17-9-5-3-6-10-17;17-12-6-7-13(22-9-10-4-2-1-3-5-10)15(18)14(12)11(8-19)16(20)21/h3-12,16,19-20H,13-15H2,1-2H3,(H,24,26)(H,25,29)(H,27,28);1-8,11H,9H2,(H,20,21)/t19-,20-;/m0./s1. The van der Waals surface area contributed by atoms with Gasteiger partial charge in [-0.05, 0) is 41.2 Å². The monoisotopic (exact) mass is 750 g/mol. The van der Waals surface area contributed by atoms with Gasteiger partial charge >= 0.3 is 18.0 Å². The fourth-order valence-electron chi connectivity index (χ4n) is 4.86. The van der Waals surface area contributed by atoms with E-state index in [0.29, 0.717) is 6.42 Å². The second-order valence-electron chi connectivity index (χ2n) is 12.0. The average Bonchev–Trinajstić information content (AvgIpc) is 3.12. The number of hydrogen-bond donors (Lipinski definition) is 4. The van der Waals surface area contributed by atoms with E-state index >= 15 is 0 Å². The third-order valence-corrected chi connectivity index (χ3v) is 8.19. The molecule has 4 aromatic carbocycles. The smallest absolute Gasteiger partial charge is 0.408 e. The van der Waals surface area contributed by atoms with Gasteiger partial charge in [-0.1, -0.05) is 128 Å². The van der Waals surface area contributed by atoms with Crippen molar-refractivity contribution < 1.29 is 43.7 Å². The zero-order chi connectivity index (χ0) is 38.0. The summed E-state index contributed by atoms with van der Waals surface area (Å²) in [5.74, 6) is -4.06. The van der Waals surface area contributed by atoms with Crippen molar-refractivity contribution in [1.82, 2.24) is 10.6 Å². The first-order valence-corrected chi connectivity index (χ1v) is 17.0. The molecule has 4 rings (SSSR count). The number of carboxylic acids is 2. The SMILES string of the molecule is CC(C)C[C@H](NC(=O)OCc1ccccc1)C(=O)N[C@@H](Cc1ccccc1)C(=O)O.O=CC(C(=O)O)c1c(Cl)ccc(OCc2ccccc2)c1Cl. The van der Waals surface area contributed by atoms with Crippen molar-refractivity contribution >= 4 is 53.4 Å². The molecule has 1 unspecified atom stereocenters. The topological polar surface area (TPSA) is 168 Å². The molecule has 0 heterocycles. The molecule has 0 radical (unpaired) electrons. The van der Waals surface area contributed by atoms with Crippen molar-refractivity contribution in [2.45, 2.75) is 57.9 Å². The molecule has 3 atom stereocenters. The van der Waals surface area contributed by atoms with E-state index in [1.807, 2.05) is 92.7 Å². The molecule has 0 aromatic heterocycles. The number of carbonyl (C=O) groups excluding carboxylic acids is 3. The zero-order valence-electron chi connectivity index (χ0n) is 28.5. The molecule has 0 aliphatic carbocycles. The Balaban J connectivity index is 0.000000294. The summed E-state index contributed by atoms with van der Waals surface area (Å²) in [5, 5.41) is 23.8. The van der Waals surface area contributed by atoms with Gasteiger partial charge in [0.15, 0.2) is 0 Å². The zero-order valence-corrected chi connectivity index (χ0v) is 30.1. The number of hydrogen-bond acceptors (Lipinski definition) is 7. The second-order valence-corrected chi connectivity index (χ2v) is 12.8. The average molecular weight is 752 g/mol. The molecular weight excluding hydrogens is 711 g/mol. The van der Waals surface area contributed by atoms with Gasteiger partial charge in [0.2, 0.25) is 5.91 Å². The highest BCUT2D eigenvalue weighted by Crippen LogP contribution is 2.38. The summed E-state index contributed by atoms with van der Waals surface area (Å²) in [7, 11) is 0. The van der Waals surface area contributed by atoms with Crippen LogP contribution in [-0.4, -0.2) is 52.5 Å². The van der Waals surface area contributed by atoms with Gasteiger partial charge < -0.3 is 35.1 Å². The summed E-state index contributed by atoms with van der Waals surface area (Å²) < 4.78 is 10.8. The molecule has 4 N–H and O–H groups in total. The van der Waals surface area contributed by atoms with E-state index in [1.165, 1.54) is 6.07 Å². The van der Waals surface area contributed by atoms with Crippen LogP contribution >= 0.6 is 23.2 Å². The molecule has 13 heteroatoms. The van der Waals surface area contributed by atoms with E-state index in [0.717, 1.165) is 16.7 Å². The normalized spacial score (nSPS) is 12.2. The second kappa shape index (κ2) is 21.1. The summed E-state index contributed by atoms with van der Waals surface area (Å²) in [6, 6.07) is 28.7. The summed E-state index contributed by atoms with van der Waals surface area (Å²) in [6.45, 7) is 4.17. The number of amides is 2. The van der Waals surface area contributed by atoms with Gasteiger partial charge in [-0.3, -0.25) is 9.59 Å². The van der Waals surface area contributed by atoms with E-state index in [9.17, 15) is 29.1 Å². The third-order valence-electron chi connectivity index (χ3n) is 7.47. The van der Waals surface area contributed by atoms with Crippen molar-refractivity contribution in [3.63, 3.8) is 0 Å². The molecule has 0 aliphatic heterocycles. The first-order chi connectivity index (χ1) is 24.9. The van der Waals surface area contributed by atoms with Crippen LogP contribution in [0.1, 0.15) is 48.4 Å². The number of halogens is 2. The van der Waals surface area contributed by atoms with Crippen LogP contribution in [0.4, 0.5) is 4.79 Å². The van der Waals surface area contributed by atoms with E-state index < -0.39 is 41.9 Å². The van der Waals surface area contributed by atoms with Gasteiger partial charge in [-0.2, -0.15) is 0 Å². The predicted octanol–water partition coefficient (Wildman–Crippen LogP) is 7.08. The lowest BCUT2D eigenvalue weighted by Gasteiger charge is -2.22. The molecule has 0 bridgehead atoms. The Morgan fingerprint density at radius 2 is 1.25 bits per heavy atom. The van der Waals surface area contributed by atoms with Gasteiger partial charge in [0, 0.05) is 17.0 Å². The molecule has 4 aromatic rings. The highest BCUT2D eigenvalue weighted by molar-refractivity contribution is 6.37. The van der Waals surface area contributed by atoms with E-state index in [1.54, 1.807) is 18.2 Å². The molecule has 0 spiro atoms. The number of aliphatic carboxylic acids is 2. The maximum absolute atomic E-state index is 12.7. The van der Waals surface area contributed by atoms with Crippen LogP contribution < -0.4 is 15.4 Å². The van der Waals surface area contributed by atoms with Crippen LogP contribution in [0, 0.1) is 5.92 Å². The van der Waals surface area contributed by atoms with Crippen LogP contribution in [0.3, 0.4) is 0 Å². The molecule has 0 fully saturated rings. The fraction of sp³-hybridized carbons (Fsp3) is 0.256. The van der Waals surface area contributed by atoms with Crippen molar-refractivity contribution in [3.8, 4) is 5.75 Å². The number of rotatable bonds is 16. The number of carboxylic acid groups (broad SMARTS) is 2. The fourth-order valence-corrected chi connectivity index (χ4v) is 5.52. The molecule has 52 heavy (non-hydrogen) atoms. The Kier molecular flexibility index (Phi) is 16.6. The van der Waals surface area contributed by atoms with Crippen LogP contribution in [0.2, 0.25) is 10.0 Å². The quantitative estimate of drug-likeness (QED) is 0.0691. The van der Waals surface area contributed by atoms with Gasteiger partial charge in [-0.25, -0.2) is 9.59 Å². The maximum Gasteiger partial charge on any atom is 0.408 e. The van der Waals surface area contributed by atoms with Gasteiger partial charge in [-0.15, -0.1) is 0 Å². The summed E-state index contributed by atoms with van der Waals surface area (Å²) in [6.07, 6.45) is 0.0596. The molecule has 2 amide bonds. The van der Waals surface area contributed by atoms with Crippen molar-refractivity contribution in [2.75, 3.05) is 0 Å². The lowest BCUT2D eigenvalue weighted by molar-refractivity contribution is -0.142. The van der Waals surface area contributed by atoms with Crippen molar-refractivity contribution in [1.29, 1.82) is 0 Å². The highest BCUT2D eigenvalue weighted by Gasteiger charge is 2.28. The lowest BCUT2D eigenvalue weighted by atomic mass is 10.0. The third kappa shape index (κ3) is 13.4. The maximum atomic E-state index is 12.7. The number of ether oxygens (including phenoxy) is 2.